The van der Waals surface area contributed by atoms with Crippen molar-refractivity contribution in [1.29, 1.82) is 0 Å². The molecule has 0 radical (unpaired) electrons. The van der Waals surface area contributed by atoms with Gasteiger partial charge in [-0.2, -0.15) is 0 Å². The van der Waals surface area contributed by atoms with Crippen LogP contribution in [0.1, 0.15) is 54.1 Å². The Morgan fingerprint density at radius 2 is 1.81 bits per heavy atom. The molecule has 0 bridgehead atoms. The van der Waals surface area contributed by atoms with Gasteiger partial charge in [0.15, 0.2) is 11.6 Å². The molecule has 0 spiro atoms. The van der Waals surface area contributed by atoms with Gasteiger partial charge in [0.25, 0.3) is 5.91 Å². The highest BCUT2D eigenvalue weighted by atomic mass is 19.2. The van der Waals surface area contributed by atoms with E-state index in [0.29, 0.717) is 25.2 Å². The highest BCUT2D eigenvalue weighted by molar-refractivity contribution is 6.01. The second kappa shape index (κ2) is 10.4. The summed E-state index contributed by atoms with van der Waals surface area (Å²) in [6.45, 7) is 7.41. The smallest absolute Gasteiger partial charge is 0.253 e. The predicted octanol–water partition coefficient (Wildman–Crippen LogP) is 4.47. The SMILES string of the molecule is CC.Cc1ccc(Nc2c(C(=O)NC3CN(CCO)C3)cc(C3CC3)c(F)c2F)c(F)c1. The summed E-state index contributed by atoms with van der Waals surface area (Å²) in [4.78, 5) is 14.9. The standard InChI is InChI=1S/C22H24F3N3O2.C2H6/c1-12-2-5-18(17(23)8-12)27-21-16(9-15(13-3-4-13)19(24)20(21)25)22(30)26-14-10-28(11-14)6-7-29;1-2/h2,5,8-9,13-14,27,29H,3-4,6-7,10-11H2,1H3,(H,26,30);1-2H3. The van der Waals surface area contributed by atoms with E-state index in [1.54, 1.807) is 13.0 Å². The summed E-state index contributed by atoms with van der Waals surface area (Å²) in [6.07, 6.45) is 1.49. The Kier molecular flexibility index (Phi) is 7.79. The quantitative estimate of drug-likeness (QED) is 0.584. The van der Waals surface area contributed by atoms with Gasteiger partial charge in [0, 0.05) is 19.6 Å². The van der Waals surface area contributed by atoms with Gasteiger partial charge in [0.2, 0.25) is 0 Å². The van der Waals surface area contributed by atoms with Gasteiger partial charge in [-0.05, 0) is 55.0 Å². The zero-order valence-electron chi connectivity index (χ0n) is 18.6. The summed E-state index contributed by atoms with van der Waals surface area (Å²) in [5, 5.41) is 14.4. The molecule has 2 aromatic rings. The normalized spacial score (nSPS) is 16.1. The van der Waals surface area contributed by atoms with Crippen LogP contribution in [-0.4, -0.2) is 48.2 Å². The lowest BCUT2D eigenvalue weighted by atomic mass is 10.0. The number of β-amino-alcohol motifs (C(OH)–C–C–N with tert-alkyl or cyclic N) is 1. The lowest BCUT2D eigenvalue weighted by molar-refractivity contribution is 0.0758. The topological polar surface area (TPSA) is 64.6 Å². The van der Waals surface area contributed by atoms with Crippen molar-refractivity contribution in [3.63, 3.8) is 0 Å². The third-order valence-electron chi connectivity index (χ3n) is 5.59. The molecule has 5 nitrogen and oxygen atoms in total. The maximum Gasteiger partial charge on any atom is 0.253 e. The van der Waals surface area contributed by atoms with Gasteiger partial charge >= 0.3 is 0 Å². The molecule has 2 aromatic carbocycles. The number of nitrogens with zero attached hydrogens (tertiary/aromatic N) is 1. The minimum atomic E-state index is -1.18. The van der Waals surface area contributed by atoms with E-state index >= 15 is 0 Å². The molecule has 0 unspecified atom stereocenters. The molecule has 1 aliphatic carbocycles. The largest absolute Gasteiger partial charge is 0.395 e. The molecule has 3 N–H and O–H groups in total. The number of anilines is 2. The van der Waals surface area contributed by atoms with Crippen LogP contribution in [-0.2, 0) is 0 Å². The van der Waals surface area contributed by atoms with E-state index in [1.807, 2.05) is 18.7 Å². The number of aliphatic hydroxyl groups excluding tert-OH is 1. The Labute approximate surface area is 186 Å². The Morgan fingerprint density at radius 3 is 2.41 bits per heavy atom. The second-order valence-electron chi connectivity index (χ2n) is 8.05. The molecule has 8 heteroatoms. The van der Waals surface area contributed by atoms with Crippen molar-refractivity contribution in [3.05, 3.63) is 58.4 Å². The number of benzene rings is 2. The van der Waals surface area contributed by atoms with Gasteiger partial charge in [-0.15, -0.1) is 0 Å². The van der Waals surface area contributed by atoms with Crippen LogP contribution in [0.3, 0.4) is 0 Å². The van der Waals surface area contributed by atoms with Crippen molar-refractivity contribution in [1.82, 2.24) is 10.2 Å². The van der Waals surface area contributed by atoms with E-state index in [-0.39, 0.29) is 41.1 Å². The summed E-state index contributed by atoms with van der Waals surface area (Å²) >= 11 is 0. The monoisotopic (exact) mass is 449 g/mol. The minimum absolute atomic E-state index is 0.0325. The van der Waals surface area contributed by atoms with Crippen LogP contribution in [0.4, 0.5) is 24.5 Å². The van der Waals surface area contributed by atoms with Gasteiger partial charge in [0.05, 0.1) is 29.6 Å². The fourth-order valence-corrected chi connectivity index (χ4v) is 3.74. The van der Waals surface area contributed by atoms with Crippen molar-refractivity contribution in [3.8, 4) is 0 Å². The van der Waals surface area contributed by atoms with E-state index in [2.05, 4.69) is 10.6 Å². The predicted molar refractivity (Wildman–Crippen MR) is 119 cm³/mol. The third-order valence-corrected chi connectivity index (χ3v) is 5.59. The molecule has 0 aromatic heterocycles. The second-order valence-corrected chi connectivity index (χ2v) is 8.05. The van der Waals surface area contributed by atoms with Crippen molar-refractivity contribution in [2.75, 3.05) is 31.6 Å². The number of aryl methyl sites for hydroxylation is 1. The molecule has 4 rings (SSSR count). The number of aliphatic hydroxyl groups is 1. The van der Waals surface area contributed by atoms with E-state index in [1.165, 1.54) is 18.2 Å². The first-order chi connectivity index (χ1) is 15.4. The van der Waals surface area contributed by atoms with Gasteiger partial charge in [-0.1, -0.05) is 19.9 Å². The molecule has 1 aliphatic heterocycles. The number of carbonyl (C=O) groups is 1. The van der Waals surface area contributed by atoms with Crippen LogP contribution in [0, 0.1) is 24.4 Å². The Balaban J connectivity index is 0.00000141. The molecule has 2 aliphatic rings. The van der Waals surface area contributed by atoms with Crippen molar-refractivity contribution in [2.24, 2.45) is 0 Å². The van der Waals surface area contributed by atoms with Gasteiger partial charge in [0.1, 0.15) is 5.82 Å². The fourth-order valence-electron chi connectivity index (χ4n) is 3.74. The number of rotatable bonds is 7. The molecule has 1 saturated heterocycles. The van der Waals surface area contributed by atoms with E-state index in [0.717, 1.165) is 12.8 Å². The average molecular weight is 450 g/mol. The van der Waals surface area contributed by atoms with Crippen molar-refractivity contribution >= 4 is 17.3 Å². The van der Waals surface area contributed by atoms with Crippen LogP contribution in [0.15, 0.2) is 24.3 Å². The van der Waals surface area contributed by atoms with E-state index in [9.17, 15) is 18.0 Å². The molecule has 0 atom stereocenters. The Morgan fingerprint density at radius 1 is 1.12 bits per heavy atom. The summed E-state index contributed by atoms with van der Waals surface area (Å²) in [5.74, 6) is -3.44. The number of hydrogen-bond acceptors (Lipinski definition) is 4. The number of halogens is 3. The van der Waals surface area contributed by atoms with Crippen LogP contribution >= 0.6 is 0 Å². The lowest BCUT2D eigenvalue weighted by Gasteiger charge is -2.39. The van der Waals surface area contributed by atoms with Gasteiger partial charge in [-0.3, -0.25) is 9.69 Å². The van der Waals surface area contributed by atoms with Crippen LogP contribution < -0.4 is 10.6 Å². The average Bonchev–Trinajstić information content (AvgIpc) is 3.58. The molecule has 2 fully saturated rings. The summed E-state index contributed by atoms with van der Waals surface area (Å²) < 4.78 is 44.0. The van der Waals surface area contributed by atoms with Gasteiger partial charge in [-0.25, -0.2) is 13.2 Å². The molecule has 174 valence electrons. The van der Waals surface area contributed by atoms with E-state index in [4.69, 9.17) is 5.11 Å². The fraction of sp³-hybridized carbons (Fsp3) is 0.458. The number of likely N-dealkylation sites (tertiary alicyclic amines) is 1. The summed E-state index contributed by atoms with van der Waals surface area (Å²) in [5.41, 5.74) is 0.414. The zero-order chi connectivity index (χ0) is 23.4. The molecule has 1 saturated carbocycles. The molecular weight excluding hydrogens is 419 g/mol. The lowest BCUT2D eigenvalue weighted by Crippen LogP contribution is -2.59. The molecule has 32 heavy (non-hydrogen) atoms. The number of carbonyl (C=O) groups excluding carboxylic acids is 1. The van der Waals surface area contributed by atoms with Crippen LogP contribution in [0.25, 0.3) is 0 Å². The molecule has 1 amide bonds. The minimum Gasteiger partial charge on any atom is -0.395 e. The van der Waals surface area contributed by atoms with Crippen molar-refractivity contribution in [2.45, 2.75) is 45.6 Å². The first kappa shape index (κ1) is 24.1. The number of amides is 1. The van der Waals surface area contributed by atoms with Gasteiger partial charge < -0.3 is 15.7 Å². The maximum absolute atomic E-state index is 15.0. The summed E-state index contributed by atoms with van der Waals surface area (Å²) in [6, 6.07) is 5.58. The number of nitrogens with one attached hydrogen (secondary N) is 2. The highest BCUT2D eigenvalue weighted by Gasteiger charge is 2.33. The van der Waals surface area contributed by atoms with E-state index < -0.39 is 23.4 Å². The van der Waals surface area contributed by atoms with Crippen molar-refractivity contribution < 1.29 is 23.1 Å². The molecular formula is C24H30F3N3O2. The van der Waals surface area contributed by atoms with Crippen LogP contribution in [0.2, 0.25) is 0 Å². The van der Waals surface area contributed by atoms with Crippen LogP contribution in [0.5, 0.6) is 0 Å². The number of hydrogen-bond donors (Lipinski definition) is 3. The maximum atomic E-state index is 15.0. The third kappa shape index (κ3) is 5.24. The first-order valence-corrected chi connectivity index (χ1v) is 11.1. The molecule has 1 heterocycles. The first-order valence-electron chi connectivity index (χ1n) is 11.1. The Hall–Kier alpha value is -2.58. The summed E-state index contributed by atoms with van der Waals surface area (Å²) in [7, 11) is 0. The zero-order valence-corrected chi connectivity index (χ0v) is 18.6. The Bertz CT molecular complexity index is 973. The highest BCUT2D eigenvalue weighted by Crippen LogP contribution is 2.44.